The van der Waals surface area contributed by atoms with Crippen LogP contribution in [0.2, 0.25) is 27.0 Å². The number of fused-ring (bicyclic) bond motifs is 1. The van der Waals surface area contributed by atoms with E-state index in [-0.39, 0.29) is 24.8 Å². The average molecular weight is 450 g/mol. The molecule has 1 aromatic heterocycles. The molecule has 1 heterocycles. The molecule has 0 fully saturated rings. The van der Waals surface area contributed by atoms with Crippen molar-refractivity contribution in [2.24, 2.45) is 0 Å². The molecule has 0 bridgehead atoms. The number of halogens is 2. The number of allylic oxidation sites excluding steroid dienone is 1. The first-order valence-corrected chi connectivity index (χ1v) is 25.2. The van der Waals surface area contributed by atoms with E-state index in [1.807, 2.05) is 0 Å². The maximum Gasteiger partial charge on any atom is -0.147 e. The molecule has 1 nitrogen and oxygen atoms in total. The van der Waals surface area contributed by atoms with Crippen molar-refractivity contribution in [1.29, 1.82) is 0 Å². The van der Waals surface area contributed by atoms with Crippen LogP contribution in [-0.4, -0.2) is 10.9 Å². The summed E-state index contributed by atoms with van der Waals surface area (Å²) in [6.45, 7) is 5.12. The minimum absolute atomic E-state index is 0. The molecular weight excluding hydrogens is 420 g/mol. The Balaban J connectivity index is 0.00000132. The minimum atomic E-state index is -3.64. The maximum atomic E-state index is 3.64. The van der Waals surface area contributed by atoms with E-state index in [9.17, 15) is 0 Å². The fraction of sp³-hybridized carbons (Fsp3) is 0.333. The summed E-state index contributed by atoms with van der Waals surface area (Å²) in [5, 5.41) is 0. The molecule has 23 heavy (non-hydrogen) atoms. The van der Waals surface area contributed by atoms with E-state index in [1.54, 1.807) is 8.97 Å². The molecule has 3 rings (SSSR count). The first-order chi connectivity index (χ1) is 9.70. The molecule has 0 amide bonds. The minimum Gasteiger partial charge on any atom is -0.147 e. The predicted octanol–water partition coefficient (Wildman–Crippen LogP) is 5.60. The zero-order chi connectivity index (χ0) is 15.4. The van der Waals surface area contributed by atoms with Crippen molar-refractivity contribution in [1.82, 2.24) is 4.98 Å². The molecule has 1 unspecified atom stereocenters. The molecular formula is C18H29Cl2NSiZr. The van der Waals surface area contributed by atoms with E-state index in [0.29, 0.717) is 3.63 Å². The van der Waals surface area contributed by atoms with Gasteiger partial charge in [-0.05, 0) is 0 Å². The summed E-state index contributed by atoms with van der Waals surface area (Å²) in [4.78, 5) is 3.64. The standard InChI is InChI=1S/C9H7.C4H4N.C2H7Si.3CH3.2ClH.Zr/c1-2-5-9-7-3-6-8(9)4-1;1-2-4-5-3-1;1-3-2;;;;;;/h1-7H;1-3,5H;3H,1-2H3;3*1H3;2*1H;. The van der Waals surface area contributed by atoms with Crippen molar-refractivity contribution in [3.8, 4) is 0 Å². The molecule has 1 aliphatic rings. The molecule has 5 heteroatoms. The molecule has 0 aliphatic heterocycles. The van der Waals surface area contributed by atoms with Crippen LogP contribution in [0.3, 0.4) is 0 Å². The van der Waals surface area contributed by atoms with Crippen LogP contribution in [0.5, 0.6) is 0 Å². The zero-order valence-electron chi connectivity index (χ0n) is 14.7. The van der Waals surface area contributed by atoms with Gasteiger partial charge in [-0.3, -0.25) is 0 Å². The van der Waals surface area contributed by atoms with Gasteiger partial charge in [-0.15, -0.1) is 24.8 Å². The largest absolute Gasteiger partial charge is 0.147 e. The van der Waals surface area contributed by atoms with Gasteiger partial charge in [-0.2, -0.15) is 0 Å². The van der Waals surface area contributed by atoms with Gasteiger partial charge in [0.15, 0.2) is 0 Å². The summed E-state index contributed by atoms with van der Waals surface area (Å²) in [6.07, 6.45) is 6.97. The molecule has 0 radical (unpaired) electrons. The summed E-state index contributed by atoms with van der Waals surface area (Å²) in [7, 11) is 0. The average Bonchev–Trinajstić information content (AvgIpc) is 3.09. The van der Waals surface area contributed by atoms with E-state index in [1.165, 1.54) is 5.56 Å². The number of nitrogens with one attached hydrogen (secondary N) is 1. The second-order valence-corrected chi connectivity index (χ2v) is 58.6. The van der Waals surface area contributed by atoms with Gasteiger partial charge in [0, 0.05) is 0 Å². The molecule has 0 spiro atoms. The number of hydrogen-bond donors (Lipinski definition) is 1. The van der Waals surface area contributed by atoms with Crippen LogP contribution < -0.4 is 3.40 Å². The van der Waals surface area contributed by atoms with Crippen LogP contribution in [0, 0.1) is 0 Å². The number of hydrogen-bond acceptors (Lipinski definition) is 0. The zero-order valence-corrected chi connectivity index (χ0v) is 19.9. The van der Waals surface area contributed by atoms with E-state index in [0.717, 1.165) is 0 Å². The predicted molar refractivity (Wildman–Crippen MR) is 110 cm³/mol. The van der Waals surface area contributed by atoms with E-state index >= 15 is 0 Å². The molecule has 128 valence electrons. The molecule has 1 aromatic carbocycles. The summed E-state index contributed by atoms with van der Waals surface area (Å²) < 4.78 is 10.2. The van der Waals surface area contributed by atoms with E-state index in [4.69, 9.17) is 0 Å². The van der Waals surface area contributed by atoms with Crippen LogP contribution in [0.1, 0.15) is 14.8 Å². The quantitative estimate of drug-likeness (QED) is 0.587. The third kappa shape index (κ3) is 2.68. The smallest absolute Gasteiger partial charge is 0.147 e. The van der Waals surface area contributed by atoms with Gasteiger partial charge in [0.1, 0.15) is 0 Å². The second kappa shape index (κ2) is 6.02. The van der Waals surface area contributed by atoms with Gasteiger partial charge in [0.2, 0.25) is 0 Å². The Bertz CT molecular complexity index is 726. The molecule has 1 aliphatic carbocycles. The number of rotatable bonds is 3. The third-order valence-corrected chi connectivity index (χ3v) is 64.3. The summed E-state index contributed by atoms with van der Waals surface area (Å²) >= 11 is -3.64. The number of H-pyrrole nitrogens is 1. The maximum absolute atomic E-state index is 3.64. The molecule has 1 atom stereocenters. The van der Waals surface area contributed by atoms with Gasteiger partial charge in [-0.25, -0.2) is 0 Å². The fourth-order valence-corrected chi connectivity index (χ4v) is 28.5. The van der Waals surface area contributed by atoms with Gasteiger partial charge in [0.05, 0.1) is 0 Å². The van der Waals surface area contributed by atoms with Crippen LogP contribution in [-0.2, 0) is 16.5 Å². The Labute approximate surface area is 151 Å². The Morgan fingerprint density at radius 1 is 0.957 bits per heavy atom. The fourth-order valence-electron chi connectivity index (χ4n) is 4.09. The van der Waals surface area contributed by atoms with Gasteiger partial charge >= 0.3 is 127 Å². The molecule has 2 aromatic rings. The van der Waals surface area contributed by atoms with Crippen LogP contribution in [0.15, 0.2) is 48.7 Å². The van der Waals surface area contributed by atoms with Crippen molar-refractivity contribution in [3.63, 3.8) is 0 Å². The monoisotopic (exact) mass is 447 g/mol. The summed E-state index contributed by atoms with van der Waals surface area (Å²) in [5.41, 5.74) is 2.98. The van der Waals surface area contributed by atoms with Crippen LogP contribution in [0.25, 0.3) is 6.08 Å². The van der Waals surface area contributed by atoms with E-state index < -0.39 is 22.4 Å². The van der Waals surface area contributed by atoms with Crippen molar-refractivity contribution < 1.29 is 16.5 Å². The van der Waals surface area contributed by atoms with Crippen molar-refractivity contribution >= 4 is 40.2 Å². The first kappa shape index (κ1) is 21.0. The molecule has 0 saturated carbocycles. The number of aromatic nitrogens is 1. The van der Waals surface area contributed by atoms with Crippen LogP contribution in [0.4, 0.5) is 0 Å². The normalized spacial score (nSPS) is 19.3. The topological polar surface area (TPSA) is 15.8 Å². The third-order valence-electron chi connectivity index (χ3n) is 7.14. The van der Waals surface area contributed by atoms with Crippen molar-refractivity contribution in [3.05, 3.63) is 59.8 Å². The van der Waals surface area contributed by atoms with Crippen LogP contribution >= 0.6 is 24.8 Å². The second-order valence-electron chi connectivity index (χ2n) is 9.14. The summed E-state index contributed by atoms with van der Waals surface area (Å²) in [5.74, 6) is -0.915. The van der Waals surface area contributed by atoms with Crippen molar-refractivity contribution in [2.45, 2.75) is 30.6 Å². The first-order valence-electron chi connectivity index (χ1n) is 8.05. The van der Waals surface area contributed by atoms with Gasteiger partial charge < -0.3 is 0 Å². The molecule has 0 saturated heterocycles. The molecule has 1 N–H and O–H groups in total. The van der Waals surface area contributed by atoms with Gasteiger partial charge in [-0.1, -0.05) is 0 Å². The van der Waals surface area contributed by atoms with Crippen molar-refractivity contribution in [2.75, 3.05) is 0 Å². The van der Waals surface area contributed by atoms with E-state index in [2.05, 4.69) is 86.7 Å². The number of aromatic amines is 1. The Kier molecular flexibility index (Phi) is 5.49. The van der Waals surface area contributed by atoms with Gasteiger partial charge in [0.25, 0.3) is 0 Å². The summed E-state index contributed by atoms with van der Waals surface area (Å²) in [6, 6.07) is 13.5. The Morgan fingerprint density at radius 3 is 2.17 bits per heavy atom. The SMILES string of the molecule is C[SiH](C)[Zr]([CH3])([CH3])([CH3])([c]1ccc[nH]1)[CH]1C=Cc2ccccc21.Cl.Cl. The Hall–Kier alpha value is -0.0800. The number of benzene rings is 1. The Morgan fingerprint density at radius 2 is 1.61 bits per heavy atom.